The zero-order valence-corrected chi connectivity index (χ0v) is 11.6. The summed E-state index contributed by atoms with van der Waals surface area (Å²) in [7, 11) is 1.00. The Morgan fingerprint density at radius 2 is 1.95 bits per heavy atom. The minimum Gasteiger partial charge on any atom is -0.400 e. The maximum Gasteiger partial charge on any atom is 0.200 e. The van der Waals surface area contributed by atoms with Gasteiger partial charge in [0.1, 0.15) is 17.7 Å². The van der Waals surface area contributed by atoms with Crippen LogP contribution in [0.3, 0.4) is 0 Å². The summed E-state index contributed by atoms with van der Waals surface area (Å²) in [5.41, 5.74) is 6.75. The highest BCUT2D eigenvalue weighted by Gasteiger charge is 2.22. The molecule has 1 aliphatic heterocycles. The lowest BCUT2D eigenvalue weighted by atomic mass is 10.3. The van der Waals surface area contributed by atoms with Crippen molar-refractivity contribution in [1.29, 1.82) is 0 Å². The van der Waals surface area contributed by atoms with Gasteiger partial charge in [0.05, 0.1) is 19.5 Å². The minimum absolute atomic E-state index is 0.279. The van der Waals surface area contributed by atoms with E-state index in [0.29, 0.717) is 15.8 Å². The summed E-state index contributed by atoms with van der Waals surface area (Å²) in [5, 5.41) is 24.2. The molecule has 0 saturated carbocycles. The van der Waals surface area contributed by atoms with Crippen molar-refractivity contribution < 1.29 is 20.1 Å². The van der Waals surface area contributed by atoms with Crippen LogP contribution >= 0.6 is 12.2 Å². The Labute approximate surface area is 119 Å². The average Bonchev–Trinajstić information content (AvgIpc) is 3.03. The Bertz CT molecular complexity index is 578. The Kier molecular flexibility index (Phi) is 6.48. The third kappa shape index (κ3) is 4.21. The van der Waals surface area contributed by atoms with Gasteiger partial charge < -0.3 is 35.8 Å². The smallest absolute Gasteiger partial charge is 0.200 e. The number of nitrogens with one attached hydrogen (secondary N) is 2. The molecule has 2 unspecified atom stereocenters. The number of nitrogens with two attached hydrogens (primary N) is 1. The molecule has 112 valence electrons. The fourth-order valence-corrected chi connectivity index (χ4v) is 1.65. The molecule has 10 heteroatoms. The molecule has 0 aliphatic carbocycles. The number of aliphatic hydroxyl groups is 3. The molecule has 0 amide bonds. The number of fused-ring (bicyclic) bond motifs is 1. The van der Waals surface area contributed by atoms with Crippen molar-refractivity contribution in [1.82, 2.24) is 19.9 Å². The van der Waals surface area contributed by atoms with Gasteiger partial charge in [0.25, 0.3) is 0 Å². The Morgan fingerprint density at radius 1 is 1.35 bits per heavy atom. The molecule has 2 atom stereocenters. The number of nitrogens with zero attached hydrogens (tertiary/aromatic N) is 2. The van der Waals surface area contributed by atoms with Crippen LogP contribution in [0.2, 0.25) is 0 Å². The number of ether oxygens (including phenoxy) is 1. The quantitative estimate of drug-likeness (QED) is 0.337. The first-order chi connectivity index (χ1) is 9.58. The molecule has 7 N–H and O–H groups in total. The predicted molar refractivity (Wildman–Crippen MR) is 74.5 cm³/mol. The van der Waals surface area contributed by atoms with E-state index in [-0.39, 0.29) is 19.2 Å². The molecule has 20 heavy (non-hydrogen) atoms. The number of aliphatic hydroxyl groups excluding tert-OH is 3. The van der Waals surface area contributed by atoms with Crippen molar-refractivity contribution in [3.8, 4) is 0 Å². The molecule has 1 fully saturated rings. The second-order valence-electron chi connectivity index (χ2n) is 3.73. The monoisotopic (exact) mass is 303 g/mol. The first kappa shape index (κ1) is 16.5. The van der Waals surface area contributed by atoms with Crippen LogP contribution in [0.5, 0.6) is 0 Å². The van der Waals surface area contributed by atoms with Crippen molar-refractivity contribution in [2.45, 2.75) is 12.2 Å². The topological polar surface area (TPSA) is 153 Å². The molecule has 2 aromatic heterocycles. The van der Waals surface area contributed by atoms with Crippen LogP contribution in [0.25, 0.3) is 11.2 Å². The SMILES string of the molecule is CO.Nc1nc(=S)c2[nH]cnc2[nH]1.OC1COCC1O. The van der Waals surface area contributed by atoms with Crippen molar-refractivity contribution in [2.75, 3.05) is 26.1 Å². The zero-order chi connectivity index (χ0) is 15.1. The highest BCUT2D eigenvalue weighted by Crippen LogP contribution is 2.06. The van der Waals surface area contributed by atoms with Gasteiger partial charge in [-0.2, -0.15) is 0 Å². The van der Waals surface area contributed by atoms with E-state index in [0.717, 1.165) is 7.11 Å². The number of anilines is 1. The fourth-order valence-electron chi connectivity index (χ4n) is 1.40. The van der Waals surface area contributed by atoms with Gasteiger partial charge in [-0.25, -0.2) is 9.97 Å². The number of nitrogen functional groups attached to an aromatic ring is 1. The van der Waals surface area contributed by atoms with Gasteiger partial charge in [0.15, 0.2) is 10.3 Å². The van der Waals surface area contributed by atoms with Crippen LogP contribution in [-0.4, -0.2) is 67.8 Å². The minimum atomic E-state index is -0.653. The summed E-state index contributed by atoms with van der Waals surface area (Å²) in [6.45, 7) is 0.558. The van der Waals surface area contributed by atoms with Crippen LogP contribution in [0.15, 0.2) is 6.33 Å². The van der Waals surface area contributed by atoms with Gasteiger partial charge in [-0.3, -0.25) is 0 Å². The number of aromatic amines is 2. The summed E-state index contributed by atoms with van der Waals surface area (Å²) in [6.07, 6.45) is 0.234. The highest BCUT2D eigenvalue weighted by atomic mass is 32.1. The second-order valence-corrected chi connectivity index (χ2v) is 4.11. The lowest BCUT2D eigenvalue weighted by Crippen LogP contribution is -2.22. The highest BCUT2D eigenvalue weighted by molar-refractivity contribution is 7.71. The number of hydrogen-bond acceptors (Lipinski definition) is 8. The van der Waals surface area contributed by atoms with Crippen molar-refractivity contribution in [3.05, 3.63) is 11.0 Å². The van der Waals surface area contributed by atoms with Gasteiger partial charge in [-0.15, -0.1) is 0 Å². The zero-order valence-electron chi connectivity index (χ0n) is 10.8. The molecular formula is C10H17N5O4S. The molecule has 0 bridgehead atoms. The van der Waals surface area contributed by atoms with Gasteiger partial charge in [-0.1, -0.05) is 12.2 Å². The normalized spacial score (nSPS) is 20.8. The molecule has 0 spiro atoms. The van der Waals surface area contributed by atoms with E-state index in [2.05, 4.69) is 24.7 Å². The summed E-state index contributed by atoms with van der Waals surface area (Å²) in [5.74, 6) is 0.287. The standard InChI is InChI=1S/C5H5N5S.C4H8O3.CH4O/c6-5-9-3-2(4(11)10-5)7-1-8-3;5-3-1-7-2-4(3)6;1-2/h1H,(H4,6,7,8,9,10,11);3-6H,1-2H2;2H,1H3. The van der Waals surface area contributed by atoms with E-state index < -0.39 is 12.2 Å². The molecule has 0 radical (unpaired) electrons. The van der Waals surface area contributed by atoms with Crippen molar-refractivity contribution >= 4 is 29.3 Å². The van der Waals surface area contributed by atoms with Gasteiger partial charge in [0, 0.05) is 7.11 Å². The molecule has 2 aromatic rings. The number of aromatic nitrogens is 4. The summed E-state index contributed by atoms with van der Waals surface area (Å²) < 4.78 is 5.11. The Morgan fingerprint density at radius 3 is 2.45 bits per heavy atom. The van der Waals surface area contributed by atoms with Gasteiger partial charge in [-0.05, 0) is 0 Å². The van der Waals surface area contributed by atoms with Crippen LogP contribution in [-0.2, 0) is 4.74 Å². The lowest BCUT2D eigenvalue weighted by Gasteiger charge is -2.00. The summed E-state index contributed by atoms with van der Waals surface area (Å²) in [6, 6.07) is 0. The van der Waals surface area contributed by atoms with E-state index in [9.17, 15) is 0 Å². The van der Waals surface area contributed by atoms with Gasteiger partial charge in [0.2, 0.25) is 5.95 Å². The number of rotatable bonds is 0. The summed E-state index contributed by atoms with van der Waals surface area (Å²) >= 11 is 4.91. The van der Waals surface area contributed by atoms with Crippen LogP contribution in [0.1, 0.15) is 0 Å². The lowest BCUT2D eigenvalue weighted by molar-refractivity contribution is 0.0572. The van der Waals surface area contributed by atoms with Crippen molar-refractivity contribution in [2.24, 2.45) is 0 Å². The van der Waals surface area contributed by atoms with E-state index in [4.69, 9.17) is 33.3 Å². The van der Waals surface area contributed by atoms with Crippen molar-refractivity contribution in [3.63, 3.8) is 0 Å². The van der Waals surface area contributed by atoms with E-state index >= 15 is 0 Å². The molecular weight excluding hydrogens is 286 g/mol. The molecule has 9 nitrogen and oxygen atoms in total. The predicted octanol–water partition coefficient (Wildman–Crippen LogP) is -1.06. The van der Waals surface area contributed by atoms with Crippen LogP contribution < -0.4 is 5.73 Å². The number of hydrogen-bond donors (Lipinski definition) is 6. The molecule has 1 saturated heterocycles. The molecule has 3 rings (SSSR count). The van der Waals surface area contributed by atoms with E-state index in [1.165, 1.54) is 6.33 Å². The first-order valence-electron chi connectivity index (χ1n) is 5.65. The maximum atomic E-state index is 8.62. The third-order valence-corrected chi connectivity index (χ3v) is 2.64. The molecule has 1 aliphatic rings. The molecule has 0 aromatic carbocycles. The maximum absolute atomic E-state index is 8.62. The molecule has 3 heterocycles. The van der Waals surface area contributed by atoms with Crippen LogP contribution in [0.4, 0.5) is 5.95 Å². The largest absolute Gasteiger partial charge is 0.400 e. The number of H-pyrrole nitrogens is 2. The van der Waals surface area contributed by atoms with Gasteiger partial charge >= 0.3 is 0 Å². The number of imidazole rings is 1. The fraction of sp³-hybridized carbons (Fsp3) is 0.500. The van der Waals surface area contributed by atoms with E-state index in [1.807, 2.05) is 0 Å². The first-order valence-corrected chi connectivity index (χ1v) is 6.06. The second kappa shape index (κ2) is 7.87. The summed E-state index contributed by atoms with van der Waals surface area (Å²) in [4.78, 5) is 13.4. The Hall–Kier alpha value is -1.59. The van der Waals surface area contributed by atoms with E-state index in [1.54, 1.807) is 0 Å². The average molecular weight is 303 g/mol. The van der Waals surface area contributed by atoms with Crippen LogP contribution in [0, 0.1) is 4.64 Å². The third-order valence-electron chi connectivity index (χ3n) is 2.34. The Balaban J connectivity index is 0.000000193.